The van der Waals surface area contributed by atoms with Crippen molar-refractivity contribution in [3.8, 4) is 5.75 Å². The van der Waals surface area contributed by atoms with Crippen LogP contribution in [0.2, 0.25) is 5.02 Å². The fraction of sp³-hybridized carbons (Fsp3) is 0.182. The van der Waals surface area contributed by atoms with E-state index < -0.39 is 0 Å². The monoisotopic (exact) mass is 393 g/mol. The average Bonchev–Trinajstić information content (AvgIpc) is 3.15. The van der Waals surface area contributed by atoms with Crippen molar-refractivity contribution in [1.82, 2.24) is 4.98 Å². The van der Waals surface area contributed by atoms with Gasteiger partial charge >= 0.3 is 0 Å². The van der Waals surface area contributed by atoms with E-state index in [0.29, 0.717) is 28.7 Å². The summed E-state index contributed by atoms with van der Waals surface area (Å²) < 4.78 is 5.38. The largest absolute Gasteiger partial charge is 0.495 e. The number of anilines is 3. The van der Waals surface area contributed by atoms with Crippen LogP contribution in [-0.4, -0.2) is 24.5 Å². The summed E-state index contributed by atoms with van der Waals surface area (Å²) in [5, 5.41) is 3.86. The third kappa shape index (κ3) is 3.41. The normalized spacial score (nSPS) is 12.6. The maximum absolute atomic E-state index is 12.9. The molecule has 0 fully saturated rings. The number of carbonyl (C=O) groups excluding carboxylic acids is 1. The van der Waals surface area contributed by atoms with Crippen LogP contribution in [0.25, 0.3) is 0 Å². The van der Waals surface area contributed by atoms with Crippen molar-refractivity contribution in [2.24, 2.45) is 0 Å². The van der Waals surface area contributed by atoms with Crippen LogP contribution in [0.5, 0.6) is 5.75 Å². The highest BCUT2D eigenvalue weighted by Crippen LogP contribution is 2.33. The number of halogens is 1. The molecule has 1 aliphatic heterocycles. The van der Waals surface area contributed by atoms with Gasteiger partial charge in [-0.2, -0.15) is 0 Å². The molecule has 2 aromatic carbocycles. The van der Waals surface area contributed by atoms with Crippen LogP contribution >= 0.6 is 11.6 Å². The zero-order valence-electron chi connectivity index (χ0n) is 15.7. The lowest BCUT2D eigenvalue weighted by Crippen LogP contribution is -2.28. The van der Waals surface area contributed by atoms with Gasteiger partial charge < -0.3 is 15.0 Å². The number of amides is 1. The predicted octanol–water partition coefficient (Wildman–Crippen LogP) is 5.00. The molecular formula is C22H20ClN3O2. The molecule has 0 saturated carbocycles. The lowest BCUT2D eigenvalue weighted by Gasteiger charge is -2.17. The Labute approximate surface area is 168 Å². The van der Waals surface area contributed by atoms with Crippen LogP contribution in [0, 0.1) is 6.92 Å². The second-order valence-electron chi connectivity index (χ2n) is 6.69. The fourth-order valence-corrected chi connectivity index (χ4v) is 3.52. The predicted molar refractivity (Wildman–Crippen MR) is 112 cm³/mol. The number of nitrogens with one attached hydrogen (secondary N) is 1. The first-order valence-electron chi connectivity index (χ1n) is 9.04. The Bertz CT molecular complexity index is 1030. The quantitative estimate of drug-likeness (QED) is 0.677. The minimum absolute atomic E-state index is 0.0380. The number of para-hydroxylation sites is 1. The molecule has 4 rings (SSSR count). The fourth-order valence-electron chi connectivity index (χ4n) is 3.37. The number of rotatable bonds is 4. The van der Waals surface area contributed by atoms with Gasteiger partial charge in [-0.3, -0.25) is 4.79 Å². The Balaban J connectivity index is 1.54. The number of aromatic nitrogens is 1. The highest BCUT2D eigenvalue weighted by Gasteiger charge is 2.25. The first kappa shape index (κ1) is 18.3. The minimum atomic E-state index is -0.0380. The number of aryl methyl sites for hydroxylation is 1. The van der Waals surface area contributed by atoms with Crippen molar-refractivity contribution >= 4 is 34.7 Å². The van der Waals surface area contributed by atoms with Gasteiger partial charge in [0, 0.05) is 29.5 Å². The summed E-state index contributed by atoms with van der Waals surface area (Å²) in [6.45, 7) is 2.62. The van der Waals surface area contributed by atoms with Crippen molar-refractivity contribution in [1.29, 1.82) is 0 Å². The third-order valence-corrected chi connectivity index (χ3v) is 5.29. The summed E-state index contributed by atoms with van der Waals surface area (Å²) in [6, 6.07) is 15.3. The van der Waals surface area contributed by atoms with Gasteiger partial charge in [0.2, 0.25) is 0 Å². The molecule has 0 atom stereocenters. The first-order valence-corrected chi connectivity index (χ1v) is 9.41. The Morgan fingerprint density at radius 1 is 1.21 bits per heavy atom. The lowest BCUT2D eigenvalue weighted by molar-refractivity contribution is 0.0989. The smallest absolute Gasteiger partial charge is 0.259 e. The molecule has 0 unspecified atom stereocenters. The van der Waals surface area contributed by atoms with E-state index in [1.54, 1.807) is 31.5 Å². The molecular weight excluding hydrogens is 374 g/mol. The molecule has 6 heteroatoms. The van der Waals surface area contributed by atoms with Crippen LogP contribution in [-0.2, 0) is 6.42 Å². The average molecular weight is 394 g/mol. The Morgan fingerprint density at radius 2 is 2.04 bits per heavy atom. The molecule has 2 heterocycles. The zero-order chi connectivity index (χ0) is 19.7. The van der Waals surface area contributed by atoms with E-state index in [4.69, 9.17) is 16.3 Å². The summed E-state index contributed by atoms with van der Waals surface area (Å²) in [6.07, 6.45) is 2.48. The highest BCUT2D eigenvalue weighted by molar-refractivity contribution is 6.31. The molecule has 5 nitrogen and oxygen atoms in total. The van der Waals surface area contributed by atoms with Crippen LogP contribution in [0.15, 0.2) is 54.7 Å². The second kappa shape index (κ2) is 7.52. The summed E-state index contributed by atoms with van der Waals surface area (Å²) in [4.78, 5) is 19.1. The van der Waals surface area contributed by atoms with E-state index in [2.05, 4.69) is 16.4 Å². The molecule has 0 radical (unpaired) electrons. The van der Waals surface area contributed by atoms with Crippen molar-refractivity contribution in [3.63, 3.8) is 0 Å². The van der Waals surface area contributed by atoms with Crippen molar-refractivity contribution in [2.45, 2.75) is 13.3 Å². The van der Waals surface area contributed by atoms with Crippen molar-refractivity contribution in [2.75, 3.05) is 23.9 Å². The number of hydrogen-bond donors (Lipinski definition) is 1. The summed E-state index contributed by atoms with van der Waals surface area (Å²) in [5.41, 5.74) is 4.44. The topological polar surface area (TPSA) is 54.5 Å². The minimum Gasteiger partial charge on any atom is -0.495 e. The second-order valence-corrected chi connectivity index (χ2v) is 7.10. The van der Waals surface area contributed by atoms with E-state index >= 15 is 0 Å². The molecule has 142 valence electrons. The van der Waals surface area contributed by atoms with Crippen LogP contribution in [0.1, 0.15) is 21.5 Å². The van der Waals surface area contributed by atoms with E-state index in [-0.39, 0.29) is 5.91 Å². The number of benzene rings is 2. The van der Waals surface area contributed by atoms with E-state index in [0.717, 1.165) is 23.4 Å². The number of methoxy groups -OCH3 is 1. The maximum Gasteiger partial charge on any atom is 0.259 e. The van der Waals surface area contributed by atoms with Gasteiger partial charge in [-0.25, -0.2) is 4.98 Å². The SMILES string of the molecule is COc1cc(Cl)c(C)cc1Nc1ccc(C(=O)N2CCc3ccccc32)cn1. The van der Waals surface area contributed by atoms with Gasteiger partial charge in [0.25, 0.3) is 5.91 Å². The van der Waals surface area contributed by atoms with Gasteiger partial charge in [-0.15, -0.1) is 0 Å². The lowest BCUT2D eigenvalue weighted by atomic mass is 10.2. The van der Waals surface area contributed by atoms with E-state index in [1.807, 2.05) is 36.1 Å². The van der Waals surface area contributed by atoms with Gasteiger partial charge in [-0.05, 0) is 48.7 Å². The van der Waals surface area contributed by atoms with E-state index in [9.17, 15) is 4.79 Å². The highest BCUT2D eigenvalue weighted by atomic mass is 35.5. The number of pyridine rings is 1. The summed E-state index contributed by atoms with van der Waals surface area (Å²) >= 11 is 6.16. The molecule has 1 aromatic heterocycles. The Morgan fingerprint density at radius 3 is 2.79 bits per heavy atom. The van der Waals surface area contributed by atoms with Crippen molar-refractivity contribution in [3.05, 3.63) is 76.4 Å². The molecule has 1 amide bonds. The molecule has 0 bridgehead atoms. The van der Waals surface area contributed by atoms with Gasteiger partial charge in [0.15, 0.2) is 0 Å². The molecule has 1 aliphatic rings. The summed E-state index contributed by atoms with van der Waals surface area (Å²) in [7, 11) is 1.59. The molecule has 28 heavy (non-hydrogen) atoms. The van der Waals surface area contributed by atoms with Crippen LogP contribution in [0.3, 0.4) is 0 Å². The maximum atomic E-state index is 12.9. The molecule has 0 aliphatic carbocycles. The first-order chi connectivity index (χ1) is 13.6. The van der Waals surface area contributed by atoms with Gasteiger partial charge in [0.05, 0.1) is 18.4 Å². The number of carbonyl (C=O) groups is 1. The standard InChI is InChI=1S/C22H20ClN3O2/c1-14-11-18(20(28-2)12-17(14)23)25-21-8-7-16(13-24-21)22(27)26-10-9-15-5-3-4-6-19(15)26/h3-8,11-13H,9-10H2,1-2H3,(H,24,25). The number of nitrogens with zero attached hydrogens (tertiary/aromatic N) is 2. The number of fused-ring (bicyclic) bond motifs is 1. The third-order valence-electron chi connectivity index (χ3n) is 4.89. The molecule has 0 spiro atoms. The number of hydrogen-bond acceptors (Lipinski definition) is 4. The van der Waals surface area contributed by atoms with Gasteiger partial charge in [0.1, 0.15) is 11.6 Å². The Kier molecular flexibility index (Phi) is 4.92. The van der Waals surface area contributed by atoms with Crippen LogP contribution in [0.4, 0.5) is 17.2 Å². The van der Waals surface area contributed by atoms with Gasteiger partial charge in [-0.1, -0.05) is 29.8 Å². The molecule has 3 aromatic rings. The molecule has 1 N–H and O–H groups in total. The Hall–Kier alpha value is -3.05. The van der Waals surface area contributed by atoms with Crippen LogP contribution < -0.4 is 15.0 Å². The molecule has 0 saturated heterocycles. The summed E-state index contributed by atoms with van der Waals surface area (Å²) in [5.74, 6) is 1.22. The van der Waals surface area contributed by atoms with E-state index in [1.165, 1.54) is 5.56 Å². The number of ether oxygens (including phenoxy) is 1. The van der Waals surface area contributed by atoms with Crippen molar-refractivity contribution < 1.29 is 9.53 Å². The zero-order valence-corrected chi connectivity index (χ0v) is 16.5.